The molecular formula is C14H13NO. The number of rotatable bonds is 2. The molecule has 0 amide bonds. The van der Waals surface area contributed by atoms with Crippen LogP contribution in [0.4, 0.5) is 0 Å². The van der Waals surface area contributed by atoms with Gasteiger partial charge in [-0.25, -0.2) is 0 Å². The first kappa shape index (κ1) is 10.6. The van der Waals surface area contributed by atoms with Gasteiger partial charge in [-0.05, 0) is 31.5 Å². The molecule has 2 rings (SSSR count). The molecule has 0 saturated heterocycles. The second kappa shape index (κ2) is 4.27. The van der Waals surface area contributed by atoms with Crippen LogP contribution in [0.25, 0.3) is 11.3 Å². The molecule has 0 saturated carbocycles. The van der Waals surface area contributed by atoms with Crippen LogP contribution in [-0.2, 0) is 0 Å². The molecule has 2 nitrogen and oxygen atoms in total. The van der Waals surface area contributed by atoms with E-state index in [1.807, 2.05) is 6.07 Å². The second-order valence-electron chi connectivity index (χ2n) is 3.91. The maximum atomic E-state index is 10.5. The number of hydrogen-bond donors (Lipinski definition) is 0. The third-order valence-corrected chi connectivity index (χ3v) is 2.58. The van der Waals surface area contributed by atoms with E-state index in [0.29, 0.717) is 5.56 Å². The van der Waals surface area contributed by atoms with E-state index in [0.717, 1.165) is 17.5 Å². The van der Waals surface area contributed by atoms with Crippen molar-refractivity contribution in [3.8, 4) is 11.3 Å². The molecule has 0 aliphatic heterocycles. The Balaban J connectivity index is 2.46. The summed E-state index contributed by atoms with van der Waals surface area (Å²) in [5.74, 6) is 0. The van der Waals surface area contributed by atoms with Gasteiger partial charge in [0, 0.05) is 17.3 Å². The smallest absolute Gasteiger partial charge is 0.151 e. The van der Waals surface area contributed by atoms with E-state index < -0.39 is 0 Å². The first-order valence-corrected chi connectivity index (χ1v) is 5.19. The minimum absolute atomic E-state index is 0.605. The average Bonchev–Trinajstić information content (AvgIpc) is 2.29. The van der Waals surface area contributed by atoms with Crippen LogP contribution in [0.15, 0.2) is 36.5 Å². The molecule has 1 heterocycles. The first-order chi connectivity index (χ1) is 7.70. The zero-order valence-corrected chi connectivity index (χ0v) is 9.40. The van der Waals surface area contributed by atoms with Crippen LogP contribution >= 0.6 is 0 Å². The molecule has 0 unspecified atom stereocenters. The number of aldehydes is 1. The summed E-state index contributed by atoms with van der Waals surface area (Å²) >= 11 is 0. The zero-order valence-electron chi connectivity index (χ0n) is 9.40. The number of aromatic nitrogens is 1. The van der Waals surface area contributed by atoms with Crippen LogP contribution in [0.3, 0.4) is 0 Å². The van der Waals surface area contributed by atoms with E-state index in [-0.39, 0.29) is 0 Å². The molecule has 2 heteroatoms. The Bertz CT molecular complexity index is 515. The van der Waals surface area contributed by atoms with Crippen molar-refractivity contribution >= 4 is 6.29 Å². The zero-order chi connectivity index (χ0) is 11.5. The largest absolute Gasteiger partial charge is 0.298 e. The Morgan fingerprint density at radius 2 is 1.94 bits per heavy atom. The van der Waals surface area contributed by atoms with Crippen molar-refractivity contribution < 1.29 is 4.79 Å². The van der Waals surface area contributed by atoms with Crippen LogP contribution in [0.1, 0.15) is 21.5 Å². The molecule has 0 N–H and O–H groups in total. The lowest BCUT2D eigenvalue weighted by atomic mass is 10.0. The van der Waals surface area contributed by atoms with Gasteiger partial charge in [-0.15, -0.1) is 0 Å². The molecule has 1 aromatic heterocycles. The molecular weight excluding hydrogens is 198 g/mol. The number of nitrogens with zero attached hydrogens (tertiary/aromatic N) is 1. The van der Waals surface area contributed by atoms with Crippen molar-refractivity contribution in [1.29, 1.82) is 0 Å². The van der Waals surface area contributed by atoms with Crippen molar-refractivity contribution in [3.05, 3.63) is 53.2 Å². The van der Waals surface area contributed by atoms with Crippen LogP contribution in [-0.4, -0.2) is 11.3 Å². The lowest BCUT2D eigenvalue weighted by Crippen LogP contribution is -1.89. The van der Waals surface area contributed by atoms with Crippen LogP contribution in [0.5, 0.6) is 0 Å². The summed E-state index contributed by atoms with van der Waals surface area (Å²) in [4.78, 5) is 14.8. The highest BCUT2D eigenvalue weighted by atomic mass is 16.1. The summed E-state index contributed by atoms with van der Waals surface area (Å²) in [6, 6.07) is 9.92. The molecule has 0 bridgehead atoms. The Kier molecular flexibility index (Phi) is 2.82. The maximum Gasteiger partial charge on any atom is 0.151 e. The number of pyridine rings is 1. The molecule has 0 aliphatic rings. The number of benzene rings is 1. The normalized spacial score (nSPS) is 10.1. The maximum absolute atomic E-state index is 10.5. The molecule has 80 valence electrons. The van der Waals surface area contributed by atoms with Gasteiger partial charge < -0.3 is 0 Å². The fraction of sp³-hybridized carbons (Fsp3) is 0.143. The van der Waals surface area contributed by atoms with E-state index in [2.05, 4.69) is 37.0 Å². The summed E-state index contributed by atoms with van der Waals surface area (Å²) in [6.07, 6.45) is 2.40. The molecule has 0 fully saturated rings. The van der Waals surface area contributed by atoms with Gasteiger partial charge in [0.15, 0.2) is 6.29 Å². The summed E-state index contributed by atoms with van der Waals surface area (Å²) in [6.45, 7) is 4.14. The van der Waals surface area contributed by atoms with Crippen molar-refractivity contribution in [2.24, 2.45) is 0 Å². The van der Waals surface area contributed by atoms with E-state index in [4.69, 9.17) is 0 Å². The first-order valence-electron chi connectivity index (χ1n) is 5.19. The minimum Gasteiger partial charge on any atom is -0.298 e. The fourth-order valence-electron chi connectivity index (χ4n) is 1.74. The molecule has 0 radical (unpaired) electrons. The highest BCUT2D eigenvalue weighted by Crippen LogP contribution is 2.22. The van der Waals surface area contributed by atoms with Crippen LogP contribution in [0, 0.1) is 13.8 Å². The molecule has 1 aromatic carbocycles. The highest BCUT2D eigenvalue weighted by Gasteiger charge is 2.03. The summed E-state index contributed by atoms with van der Waals surface area (Å²) in [5.41, 5.74) is 5.07. The van der Waals surface area contributed by atoms with E-state index in [9.17, 15) is 4.79 Å². The van der Waals surface area contributed by atoms with E-state index in [1.54, 1.807) is 12.3 Å². The van der Waals surface area contributed by atoms with Crippen molar-refractivity contribution in [3.63, 3.8) is 0 Å². The van der Waals surface area contributed by atoms with Gasteiger partial charge in [-0.2, -0.15) is 0 Å². The van der Waals surface area contributed by atoms with Gasteiger partial charge in [0.2, 0.25) is 0 Å². The van der Waals surface area contributed by atoms with E-state index >= 15 is 0 Å². The van der Waals surface area contributed by atoms with Crippen molar-refractivity contribution in [2.45, 2.75) is 13.8 Å². The number of carbonyl (C=O) groups excluding carboxylic acids is 1. The third-order valence-electron chi connectivity index (χ3n) is 2.58. The Morgan fingerprint density at radius 3 is 2.50 bits per heavy atom. The Labute approximate surface area is 95.0 Å². The SMILES string of the molecule is Cc1ccc(-c2ccc(C=O)cn2)c(C)c1. The summed E-state index contributed by atoms with van der Waals surface area (Å²) in [5, 5.41) is 0. The summed E-state index contributed by atoms with van der Waals surface area (Å²) in [7, 11) is 0. The Hall–Kier alpha value is -1.96. The topological polar surface area (TPSA) is 30.0 Å². The number of hydrogen-bond acceptors (Lipinski definition) is 2. The standard InChI is InChI=1S/C14H13NO/c1-10-3-5-13(11(2)7-10)14-6-4-12(9-16)8-15-14/h3-9H,1-2H3. The Morgan fingerprint density at radius 1 is 1.12 bits per heavy atom. The van der Waals surface area contributed by atoms with Crippen LogP contribution in [0.2, 0.25) is 0 Å². The van der Waals surface area contributed by atoms with Gasteiger partial charge in [0.1, 0.15) is 0 Å². The van der Waals surface area contributed by atoms with Gasteiger partial charge in [0.25, 0.3) is 0 Å². The lowest BCUT2D eigenvalue weighted by molar-refractivity contribution is 0.112. The third kappa shape index (κ3) is 2.01. The van der Waals surface area contributed by atoms with Gasteiger partial charge in [0.05, 0.1) is 5.69 Å². The van der Waals surface area contributed by atoms with Crippen LogP contribution < -0.4 is 0 Å². The minimum atomic E-state index is 0.605. The summed E-state index contributed by atoms with van der Waals surface area (Å²) < 4.78 is 0. The highest BCUT2D eigenvalue weighted by molar-refractivity contribution is 5.75. The quantitative estimate of drug-likeness (QED) is 0.714. The number of carbonyl (C=O) groups is 1. The number of aryl methyl sites for hydroxylation is 2. The molecule has 0 spiro atoms. The predicted molar refractivity (Wildman–Crippen MR) is 64.5 cm³/mol. The molecule has 2 aromatic rings. The van der Waals surface area contributed by atoms with Crippen molar-refractivity contribution in [1.82, 2.24) is 4.98 Å². The molecule has 0 aliphatic carbocycles. The fourth-order valence-corrected chi connectivity index (χ4v) is 1.74. The molecule has 0 atom stereocenters. The van der Waals surface area contributed by atoms with Crippen molar-refractivity contribution in [2.75, 3.05) is 0 Å². The monoisotopic (exact) mass is 211 g/mol. The molecule has 16 heavy (non-hydrogen) atoms. The average molecular weight is 211 g/mol. The van der Waals surface area contributed by atoms with E-state index in [1.165, 1.54) is 11.1 Å². The van der Waals surface area contributed by atoms with Gasteiger partial charge >= 0.3 is 0 Å². The van der Waals surface area contributed by atoms with Gasteiger partial charge in [-0.1, -0.05) is 23.8 Å². The lowest BCUT2D eigenvalue weighted by Gasteiger charge is -2.06. The predicted octanol–water partition coefficient (Wildman–Crippen LogP) is 3.18. The second-order valence-corrected chi connectivity index (χ2v) is 3.91. The van der Waals surface area contributed by atoms with Gasteiger partial charge in [-0.3, -0.25) is 9.78 Å².